The molecule has 146 valence electrons. The van der Waals surface area contributed by atoms with Gasteiger partial charge in [-0.3, -0.25) is 9.59 Å². The first-order chi connectivity index (χ1) is 14.0. The maximum atomic E-state index is 12.4. The minimum absolute atomic E-state index is 0.157. The molecule has 0 saturated carbocycles. The Morgan fingerprint density at radius 2 is 1.86 bits per heavy atom. The molecule has 0 fully saturated rings. The van der Waals surface area contributed by atoms with Gasteiger partial charge in [0.2, 0.25) is 11.2 Å². The number of hydrogen-bond acceptors (Lipinski definition) is 3. The highest BCUT2D eigenvalue weighted by molar-refractivity contribution is 6.29. The second-order valence-electron chi connectivity index (χ2n) is 6.72. The molecule has 1 heterocycles. The number of anilines is 1. The molecule has 0 atom stereocenters. The van der Waals surface area contributed by atoms with Gasteiger partial charge < -0.3 is 15.2 Å². The SMILES string of the molecule is Cn1c(Cl)nc2ccc(C(=O)NCCC(=O)Nc3cccc4ccccc34)cc21. The zero-order chi connectivity index (χ0) is 20.4. The van der Waals surface area contributed by atoms with E-state index in [4.69, 9.17) is 11.6 Å². The van der Waals surface area contributed by atoms with E-state index in [1.54, 1.807) is 29.8 Å². The van der Waals surface area contributed by atoms with E-state index in [0.717, 1.165) is 27.5 Å². The predicted octanol–water partition coefficient (Wildman–Crippen LogP) is 4.14. The molecule has 0 saturated heterocycles. The van der Waals surface area contributed by atoms with Crippen LogP contribution < -0.4 is 10.6 Å². The molecular formula is C22H19ClN4O2. The Kier molecular flexibility index (Phi) is 5.18. The second-order valence-corrected chi connectivity index (χ2v) is 7.06. The van der Waals surface area contributed by atoms with Crippen LogP contribution in [0.5, 0.6) is 0 Å². The number of rotatable bonds is 5. The standard InChI is InChI=1S/C22H19ClN4O2/c1-27-19-13-15(9-10-18(19)26-22(27)23)21(29)24-12-11-20(28)25-17-8-4-6-14-5-2-3-7-16(14)17/h2-10,13H,11-12H2,1H3,(H,24,29)(H,25,28). The van der Waals surface area contributed by atoms with Crippen molar-refractivity contribution in [3.63, 3.8) is 0 Å². The van der Waals surface area contributed by atoms with E-state index in [0.29, 0.717) is 10.8 Å². The first kappa shape index (κ1) is 19.0. The number of carbonyl (C=O) groups excluding carboxylic acids is 2. The van der Waals surface area contributed by atoms with Crippen LogP contribution in [-0.4, -0.2) is 27.9 Å². The largest absolute Gasteiger partial charge is 0.352 e. The lowest BCUT2D eigenvalue weighted by molar-refractivity contribution is -0.116. The average molecular weight is 407 g/mol. The quantitative estimate of drug-likeness (QED) is 0.523. The molecule has 4 rings (SSSR count). The van der Waals surface area contributed by atoms with Gasteiger partial charge in [-0.1, -0.05) is 36.4 Å². The van der Waals surface area contributed by atoms with E-state index in [1.165, 1.54) is 0 Å². The van der Waals surface area contributed by atoms with Crippen molar-refractivity contribution in [2.24, 2.45) is 7.05 Å². The monoisotopic (exact) mass is 406 g/mol. The van der Waals surface area contributed by atoms with Crippen LogP contribution in [0.1, 0.15) is 16.8 Å². The van der Waals surface area contributed by atoms with Crippen molar-refractivity contribution in [3.8, 4) is 0 Å². The fourth-order valence-electron chi connectivity index (χ4n) is 3.24. The fraction of sp³-hybridized carbons (Fsp3) is 0.136. The van der Waals surface area contributed by atoms with Crippen molar-refractivity contribution in [2.75, 3.05) is 11.9 Å². The Morgan fingerprint density at radius 1 is 1.07 bits per heavy atom. The zero-order valence-corrected chi connectivity index (χ0v) is 16.5. The number of fused-ring (bicyclic) bond motifs is 2. The van der Waals surface area contributed by atoms with Crippen LogP contribution >= 0.6 is 11.6 Å². The van der Waals surface area contributed by atoms with Gasteiger partial charge in [-0.2, -0.15) is 0 Å². The Morgan fingerprint density at radius 3 is 2.72 bits per heavy atom. The van der Waals surface area contributed by atoms with Gasteiger partial charge in [0, 0.05) is 36.7 Å². The molecule has 29 heavy (non-hydrogen) atoms. The van der Waals surface area contributed by atoms with Gasteiger partial charge in [-0.05, 0) is 41.3 Å². The lowest BCUT2D eigenvalue weighted by Crippen LogP contribution is -2.27. The third kappa shape index (κ3) is 3.93. The summed E-state index contributed by atoms with van der Waals surface area (Å²) in [7, 11) is 1.79. The number of aromatic nitrogens is 2. The van der Waals surface area contributed by atoms with Gasteiger partial charge in [-0.15, -0.1) is 0 Å². The topological polar surface area (TPSA) is 76.0 Å². The number of hydrogen-bond donors (Lipinski definition) is 2. The van der Waals surface area contributed by atoms with Gasteiger partial charge in [0.25, 0.3) is 5.91 Å². The van der Waals surface area contributed by atoms with Crippen LogP contribution in [0.15, 0.2) is 60.7 Å². The molecule has 0 unspecified atom stereocenters. The number of nitrogens with zero attached hydrogens (tertiary/aromatic N) is 2. The van der Waals surface area contributed by atoms with Gasteiger partial charge in [0.05, 0.1) is 11.0 Å². The van der Waals surface area contributed by atoms with Gasteiger partial charge in [0.15, 0.2) is 0 Å². The van der Waals surface area contributed by atoms with E-state index in [-0.39, 0.29) is 24.8 Å². The molecule has 3 aromatic carbocycles. The van der Waals surface area contributed by atoms with Crippen molar-refractivity contribution >= 4 is 50.9 Å². The molecule has 0 radical (unpaired) electrons. The normalized spacial score (nSPS) is 11.0. The van der Waals surface area contributed by atoms with Crippen molar-refractivity contribution in [3.05, 3.63) is 71.5 Å². The molecule has 1 aromatic heterocycles. The number of amides is 2. The van der Waals surface area contributed by atoms with E-state index in [2.05, 4.69) is 15.6 Å². The van der Waals surface area contributed by atoms with Crippen molar-refractivity contribution < 1.29 is 9.59 Å². The Balaban J connectivity index is 1.36. The summed E-state index contributed by atoms with van der Waals surface area (Å²) in [6.07, 6.45) is 0.175. The Bertz CT molecular complexity index is 1230. The number of aryl methyl sites for hydroxylation is 1. The van der Waals surface area contributed by atoms with Crippen LogP contribution in [0.25, 0.3) is 21.8 Å². The van der Waals surface area contributed by atoms with Gasteiger partial charge in [-0.25, -0.2) is 4.98 Å². The first-order valence-electron chi connectivity index (χ1n) is 9.21. The van der Waals surface area contributed by atoms with E-state index in [9.17, 15) is 9.59 Å². The third-order valence-electron chi connectivity index (χ3n) is 4.79. The molecule has 0 aliphatic rings. The summed E-state index contributed by atoms with van der Waals surface area (Å²) in [5, 5.41) is 8.10. The highest BCUT2D eigenvalue weighted by atomic mass is 35.5. The highest BCUT2D eigenvalue weighted by Crippen LogP contribution is 2.23. The summed E-state index contributed by atoms with van der Waals surface area (Å²) in [6.45, 7) is 0.236. The van der Waals surface area contributed by atoms with Crippen LogP contribution in [0, 0.1) is 0 Å². The number of carbonyl (C=O) groups is 2. The van der Waals surface area contributed by atoms with Crippen LogP contribution in [0.2, 0.25) is 5.28 Å². The third-order valence-corrected chi connectivity index (χ3v) is 5.13. The molecule has 0 aliphatic carbocycles. The molecule has 2 amide bonds. The fourth-order valence-corrected chi connectivity index (χ4v) is 3.42. The maximum Gasteiger partial charge on any atom is 0.251 e. The number of imidazole rings is 1. The van der Waals surface area contributed by atoms with Crippen LogP contribution in [0.3, 0.4) is 0 Å². The molecule has 0 bridgehead atoms. The molecule has 6 nitrogen and oxygen atoms in total. The molecule has 0 aliphatic heterocycles. The summed E-state index contributed by atoms with van der Waals surface area (Å²) in [5.41, 5.74) is 2.75. The lowest BCUT2D eigenvalue weighted by Gasteiger charge is -2.09. The van der Waals surface area contributed by atoms with Gasteiger partial charge >= 0.3 is 0 Å². The summed E-state index contributed by atoms with van der Waals surface area (Å²) in [5.74, 6) is -0.405. The average Bonchev–Trinajstić information content (AvgIpc) is 3.01. The molecule has 4 aromatic rings. The summed E-state index contributed by atoms with van der Waals surface area (Å²) in [6, 6.07) is 18.8. The predicted molar refractivity (Wildman–Crippen MR) is 115 cm³/mol. The smallest absolute Gasteiger partial charge is 0.251 e. The van der Waals surface area contributed by atoms with Crippen LogP contribution in [-0.2, 0) is 11.8 Å². The molecule has 2 N–H and O–H groups in total. The van der Waals surface area contributed by atoms with Crippen molar-refractivity contribution in [1.29, 1.82) is 0 Å². The van der Waals surface area contributed by atoms with Crippen molar-refractivity contribution in [1.82, 2.24) is 14.9 Å². The summed E-state index contributed by atoms with van der Waals surface area (Å²) < 4.78 is 1.71. The Hall–Kier alpha value is -3.38. The summed E-state index contributed by atoms with van der Waals surface area (Å²) >= 11 is 6.01. The van der Waals surface area contributed by atoms with E-state index in [1.807, 2.05) is 42.5 Å². The lowest BCUT2D eigenvalue weighted by atomic mass is 10.1. The first-order valence-corrected chi connectivity index (χ1v) is 9.58. The molecule has 7 heteroatoms. The maximum absolute atomic E-state index is 12.4. The second kappa shape index (κ2) is 7.93. The highest BCUT2D eigenvalue weighted by Gasteiger charge is 2.11. The zero-order valence-electron chi connectivity index (χ0n) is 15.8. The summed E-state index contributed by atoms with van der Waals surface area (Å²) in [4.78, 5) is 28.9. The van der Waals surface area contributed by atoms with Crippen molar-refractivity contribution in [2.45, 2.75) is 6.42 Å². The number of halogens is 1. The van der Waals surface area contributed by atoms with Crippen LogP contribution in [0.4, 0.5) is 5.69 Å². The molecule has 0 spiro atoms. The number of nitrogens with one attached hydrogen (secondary N) is 2. The van der Waals surface area contributed by atoms with E-state index >= 15 is 0 Å². The Labute approximate surface area is 172 Å². The minimum Gasteiger partial charge on any atom is -0.352 e. The molecular weight excluding hydrogens is 388 g/mol. The van der Waals surface area contributed by atoms with Gasteiger partial charge in [0.1, 0.15) is 0 Å². The number of benzene rings is 3. The minimum atomic E-state index is -0.248. The van der Waals surface area contributed by atoms with E-state index < -0.39 is 0 Å².